The van der Waals surface area contributed by atoms with Crippen LogP contribution < -0.4 is 0 Å². The number of halogens is 1. The van der Waals surface area contributed by atoms with E-state index in [4.69, 9.17) is 0 Å². The topological polar surface area (TPSA) is 34.1 Å². The molecule has 0 saturated heterocycles. The molecule has 0 unspecified atom stereocenters. The summed E-state index contributed by atoms with van der Waals surface area (Å²) in [6.07, 6.45) is 0. The standard InChI is InChI=1S/C15H11FO2S/c16-13-8-6-12(7-9-13)15(18)19-10-14(17)11-4-2-1-3-5-11/h1-9H,10H2. The zero-order valence-corrected chi connectivity index (χ0v) is 10.8. The Bertz CT molecular complexity index is 579. The highest BCUT2D eigenvalue weighted by atomic mass is 32.2. The number of thioether (sulfide) groups is 1. The molecular formula is C15H11FO2S. The molecule has 0 saturated carbocycles. The maximum Gasteiger partial charge on any atom is 0.219 e. The van der Waals surface area contributed by atoms with Gasteiger partial charge in [0.15, 0.2) is 5.78 Å². The van der Waals surface area contributed by atoms with E-state index >= 15 is 0 Å². The number of Topliss-reactive ketones (excluding diaryl/α,β-unsaturated/α-hetero) is 1. The minimum atomic E-state index is -0.387. The highest BCUT2D eigenvalue weighted by molar-refractivity contribution is 8.14. The summed E-state index contributed by atoms with van der Waals surface area (Å²) in [5.41, 5.74) is 0.981. The van der Waals surface area contributed by atoms with Gasteiger partial charge in [-0.2, -0.15) is 0 Å². The SMILES string of the molecule is O=C(CSC(=O)c1ccc(F)cc1)c1ccccc1. The Labute approximate surface area is 114 Å². The quantitative estimate of drug-likeness (QED) is 0.799. The van der Waals surface area contributed by atoms with Crippen LogP contribution in [0.25, 0.3) is 0 Å². The van der Waals surface area contributed by atoms with Gasteiger partial charge in [-0.05, 0) is 24.3 Å². The number of rotatable bonds is 4. The summed E-state index contributed by atoms with van der Waals surface area (Å²) in [5, 5.41) is -0.232. The molecule has 0 spiro atoms. The van der Waals surface area contributed by atoms with Gasteiger partial charge >= 0.3 is 0 Å². The van der Waals surface area contributed by atoms with Crippen molar-refractivity contribution in [2.24, 2.45) is 0 Å². The highest BCUT2D eigenvalue weighted by Gasteiger charge is 2.11. The van der Waals surface area contributed by atoms with E-state index in [1.807, 2.05) is 6.07 Å². The minimum Gasteiger partial charge on any atom is -0.293 e. The fourth-order valence-corrected chi connectivity index (χ4v) is 2.24. The number of hydrogen-bond acceptors (Lipinski definition) is 3. The molecule has 0 bridgehead atoms. The molecular weight excluding hydrogens is 263 g/mol. The third kappa shape index (κ3) is 3.76. The molecule has 2 nitrogen and oxygen atoms in total. The maximum absolute atomic E-state index is 12.7. The summed E-state index contributed by atoms with van der Waals surface area (Å²) in [7, 11) is 0. The molecule has 0 heterocycles. The Kier molecular flexibility index (Phi) is 4.47. The molecule has 0 amide bonds. The molecule has 0 aliphatic heterocycles. The van der Waals surface area contributed by atoms with Gasteiger partial charge in [0.05, 0.1) is 5.75 Å². The van der Waals surface area contributed by atoms with Crippen LogP contribution in [0.5, 0.6) is 0 Å². The van der Waals surface area contributed by atoms with Crippen LogP contribution in [0.15, 0.2) is 54.6 Å². The molecule has 0 aliphatic carbocycles. The summed E-state index contributed by atoms with van der Waals surface area (Å²) >= 11 is 0.927. The van der Waals surface area contributed by atoms with Gasteiger partial charge in [-0.15, -0.1) is 0 Å². The van der Waals surface area contributed by atoms with Crippen LogP contribution in [-0.4, -0.2) is 16.7 Å². The number of ketones is 1. The lowest BCUT2D eigenvalue weighted by Gasteiger charge is -2.01. The van der Waals surface area contributed by atoms with Crippen LogP contribution in [0.2, 0.25) is 0 Å². The second kappa shape index (κ2) is 6.29. The lowest BCUT2D eigenvalue weighted by atomic mass is 10.2. The monoisotopic (exact) mass is 274 g/mol. The zero-order chi connectivity index (χ0) is 13.7. The van der Waals surface area contributed by atoms with Crippen LogP contribution in [-0.2, 0) is 0 Å². The number of benzene rings is 2. The van der Waals surface area contributed by atoms with Gasteiger partial charge in [0.2, 0.25) is 5.12 Å². The first-order chi connectivity index (χ1) is 9.16. The maximum atomic E-state index is 12.7. The van der Waals surface area contributed by atoms with E-state index in [1.165, 1.54) is 24.3 Å². The van der Waals surface area contributed by atoms with Gasteiger partial charge in [0, 0.05) is 11.1 Å². The first-order valence-corrected chi connectivity index (χ1v) is 6.66. The van der Waals surface area contributed by atoms with E-state index < -0.39 is 0 Å². The third-order valence-corrected chi connectivity index (χ3v) is 3.41. The molecule has 2 rings (SSSR count). The van der Waals surface area contributed by atoms with Crippen molar-refractivity contribution in [1.82, 2.24) is 0 Å². The van der Waals surface area contributed by atoms with Crippen molar-refractivity contribution in [2.75, 3.05) is 5.75 Å². The van der Waals surface area contributed by atoms with E-state index in [0.29, 0.717) is 11.1 Å². The van der Waals surface area contributed by atoms with Gasteiger partial charge in [0.1, 0.15) is 5.82 Å². The van der Waals surface area contributed by atoms with E-state index in [9.17, 15) is 14.0 Å². The predicted octanol–water partition coefficient (Wildman–Crippen LogP) is 3.58. The average Bonchev–Trinajstić information content (AvgIpc) is 2.46. The minimum absolute atomic E-state index is 0.0836. The molecule has 0 aliphatic rings. The second-order valence-electron chi connectivity index (χ2n) is 3.87. The van der Waals surface area contributed by atoms with Crippen molar-refractivity contribution >= 4 is 22.7 Å². The molecule has 2 aromatic rings. The van der Waals surface area contributed by atoms with Crippen molar-refractivity contribution in [1.29, 1.82) is 0 Å². The Morgan fingerprint density at radius 2 is 1.53 bits per heavy atom. The lowest BCUT2D eigenvalue weighted by molar-refractivity contribution is 0.101. The fourth-order valence-electron chi connectivity index (χ4n) is 1.51. The van der Waals surface area contributed by atoms with Crippen LogP contribution in [0.1, 0.15) is 20.7 Å². The van der Waals surface area contributed by atoms with Crippen LogP contribution in [0.4, 0.5) is 4.39 Å². The Balaban J connectivity index is 1.94. The largest absolute Gasteiger partial charge is 0.293 e. The molecule has 0 fully saturated rings. The summed E-state index contributed by atoms with van der Waals surface area (Å²) < 4.78 is 12.7. The molecule has 96 valence electrons. The molecule has 2 aromatic carbocycles. The Morgan fingerprint density at radius 3 is 2.16 bits per heavy atom. The third-order valence-electron chi connectivity index (χ3n) is 2.51. The smallest absolute Gasteiger partial charge is 0.219 e. The number of carbonyl (C=O) groups is 2. The average molecular weight is 274 g/mol. The van der Waals surface area contributed by atoms with Crippen molar-refractivity contribution in [3.63, 3.8) is 0 Å². The van der Waals surface area contributed by atoms with Gasteiger partial charge in [-0.25, -0.2) is 4.39 Å². The van der Waals surface area contributed by atoms with E-state index in [-0.39, 0.29) is 22.5 Å². The summed E-state index contributed by atoms with van der Waals surface area (Å²) in [5.74, 6) is -0.400. The molecule has 0 radical (unpaired) electrons. The summed E-state index contributed by atoms with van der Waals surface area (Å²) in [6, 6.07) is 14.1. The van der Waals surface area contributed by atoms with Gasteiger partial charge < -0.3 is 0 Å². The van der Waals surface area contributed by atoms with Gasteiger partial charge in [0.25, 0.3) is 0 Å². The van der Waals surface area contributed by atoms with Gasteiger partial charge in [-0.1, -0.05) is 42.1 Å². The van der Waals surface area contributed by atoms with E-state index in [0.717, 1.165) is 11.8 Å². The van der Waals surface area contributed by atoms with Crippen molar-refractivity contribution in [2.45, 2.75) is 0 Å². The zero-order valence-electron chi connectivity index (χ0n) is 10.0. The summed E-state index contributed by atoms with van der Waals surface area (Å²) in [6.45, 7) is 0. The molecule has 0 aromatic heterocycles. The normalized spacial score (nSPS) is 10.2. The first-order valence-electron chi connectivity index (χ1n) is 5.68. The van der Waals surface area contributed by atoms with Crippen LogP contribution in [0.3, 0.4) is 0 Å². The van der Waals surface area contributed by atoms with Gasteiger partial charge in [-0.3, -0.25) is 9.59 Å². The molecule has 4 heteroatoms. The molecule has 19 heavy (non-hydrogen) atoms. The fraction of sp³-hybridized carbons (Fsp3) is 0.0667. The van der Waals surface area contributed by atoms with Crippen LogP contribution in [0, 0.1) is 5.82 Å². The van der Waals surface area contributed by atoms with E-state index in [2.05, 4.69) is 0 Å². The number of carbonyl (C=O) groups excluding carboxylic acids is 2. The van der Waals surface area contributed by atoms with E-state index in [1.54, 1.807) is 24.3 Å². The van der Waals surface area contributed by atoms with Crippen molar-refractivity contribution in [3.8, 4) is 0 Å². The number of hydrogen-bond donors (Lipinski definition) is 0. The predicted molar refractivity (Wildman–Crippen MR) is 74.0 cm³/mol. The van der Waals surface area contributed by atoms with Crippen molar-refractivity contribution < 1.29 is 14.0 Å². The first kappa shape index (κ1) is 13.5. The van der Waals surface area contributed by atoms with Crippen LogP contribution >= 0.6 is 11.8 Å². The Morgan fingerprint density at radius 1 is 0.895 bits per heavy atom. The Hall–Kier alpha value is -1.94. The van der Waals surface area contributed by atoms with Crippen molar-refractivity contribution in [3.05, 3.63) is 71.5 Å². The molecule has 0 N–H and O–H groups in total. The second-order valence-corrected chi connectivity index (χ2v) is 4.82. The lowest BCUT2D eigenvalue weighted by Crippen LogP contribution is -2.05. The molecule has 0 atom stereocenters. The highest BCUT2D eigenvalue weighted by Crippen LogP contribution is 2.15. The summed E-state index contributed by atoms with van der Waals surface area (Å²) in [4.78, 5) is 23.6.